The summed E-state index contributed by atoms with van der Waals surface area (Å²) in [6, 6.07) is 5.62. The number of rotatable bonds is 1. The molecule has 1 saturated heterocycles. The van der Waals surface area contributed by atoms with Crippen LogP contribution in [0.4, 0.5) is 5.69 Å². The fourth-order valence-corrected chi connectivity index (χ4v) is 3.46. The lowest BCUT2D eigenvalue weighted by atomic mass is 10.1. The average molecular weight is 290 g/mol. The van der Waals surface area contributed by atoms with E-state index in [-0.39, 0.29) is 11.8 Å². The topological polar surface area (TPSA) is 49.4 Å². The first kappa shape index (κ1) is 13.5. The van der Waals surface area contributed by atoms with Crippen molar-refractivity contribution in [2.45, 2.75) is 30.6 Å². The zero-order valence-corrected chi connectivity index (χ0v) is 12.2. The summed E-state index contributed by atoms with van der Waals surface area (Å²) in [4.78, 5) is 26.9. The monoisotopic (exact) mass is 290 g/mol. The van der Waals surface area contributed by atoms with E-state index in [1.165, 1.54) is 24.6 Å². The first-order valence-corrected chi connectivity index (χ1v) is 8.08. The number of likely N-dealkylation sites (tertiary alicyclic amines) is 1. The number of carbonyl (C=O) groups is 2. The Morgan fingerprint density at radius 2 is 1.90 bits per heavy atom. The molecule has 2 aliphatic rings. The van der Waals surface area contributed by atoms with Gasteiger partial charge in [0.25, 0.3) is 5.91 Å². The Morgan fingerprint density at radius 3 is 2.65 bits per heavy atom. The Kier molecular flexibility index (Phi) is 3.96. The van der Waals surface area contributed by atoms with Crippen LogP contribution in [0.2, 0.25) is 0 Å². The van der Waals surface area contributed by atoms with Gasteiger partial charge in [-0.15, -0.1) is 11.8 Å². The van der Waals surface area contributed by atoms with E-state index >= 15 is 0 Å². The standard InChI is InChI=1S/C15H18N2O2S/c18-14-10-20-13-6-5-11(9-12(13)16-14)15(19)17-7-3-1-2-4-8-17/h5-6,9H,1-4,7-8,10H2,(H,16,18). The molecule has 4 nitrogen and oxygen atoms in total. The zero-order chi connectivity index (χ0) is 13.9. The first-order valence-electron chi connectivity index (χ1n) is 7.10. The van der Waals surface area contributed by atoms with Gasteiger partial charge in [-0.1, -0.05) is 12.8 Å². The molecule has 0 spiro atoms. The fraction of sp³-hybridized carbons (Fsp3) is 0.467. The highest BCUT2D eigenvalue weighted by Crippen LogP contribution is 2.32. The van der Waals surface area contributed by atoms with Crippen LogP contribution in [0, 0.1) is 0 Å². The minimum Gasteiger partial charge on any atom is -0.339 e. The number of nitrogens with one attached hydrogen (secondary N) is 1. The van der Waals surface area contributed by atoms with Crippen LogP contribution < -0.4 is 5.32 Å². The molecule has 0 unspecified atom stereocenters. The number of thioether (sulfide) groups is 1. The van der Waals surface area contributed by atoms with Gasteiger partial charge in [0.15, 0.2) is 0 Å². The minimum absolute atomic E-state index is 0.00173. The summed E-state index contributed by atoms with van der Waals surface area (Å²) in [7, 11) is 0. The Balaban J connectivity index is 1.81. The van der Waals surface area contributed by atoms with Crippen LogP contribution in [0.3, 0.4) is 0 Å². The normalized spacial score (nSPS) is 19.0. The first-order chi connectivity index (χ1) is 9.74. The van der Waals surface area contributed by atoms with Gasteiger partial charge in [0, 0.05) is 23.5 Å². The van der Waals surface area contributed by atoms with Gasteiger partial charge >= 0.3 is 0 Å². The second-order valence-corrected chi connectivity index (χ2v) is 6.27. The highest BCUT2D eigenvalue weighted by molar-refractivity contribution is 8.00. The molecule has 5 heteroatoms. The Hall–Kier alpha value is -1.49. The molecule has 1 N–H and O–H groups in total. The number of hydrogen-bond donors (Lipinski definition) is 1. The molecule has 0 bridgehead atoms. The van der Waals surface area contributed by atoms with E-state index in [2.05, 4.69) is 5.32 Å². The van der Waals surface area contributed by atoms with Crippen molar-refractivity contribution in [1.82, 2.24) is 4.90 Å². The van der Waals surface area contributed by atoms with Crippen LogP contribution in [0.5, 0.6) is 0 Å². The third kappa shape index (κ3) is 2.82. The summed E-state index contributed by atoms with van der Waals surface area (Å²) in [6.45, 7) is 1.69. The van der Waals surface area contributed by atoms with Crippen LogP contribution >= 0.6 is 11.8 Å². The molecular formula is C15H18N2O2S. The van der Waals surface area contributed by atoms with Crippen LogP contribution in [0.25, 0.3) is 0 Å². The second-order valence-electron chi connectivity index (χ2n) is 5.25. The lowest BCUT2D eigenvalue weighted by Crippen LogP contribution is -2.32. The summed E-state index contributed by atoms with van der Waals surface area (Å²) in [6.07, 6.45) is 4.59. The van der Waals surface area contributed by atoms with E-state index in [9.17, 15) is 9.59 Å². The number of nitrogens with zero attached hydrogens (tertiary/aromatic N) is 1. The second kappa shape index (κ2) is 5.87. The molecule has 3 rings (SSSR count). The summed E-state index contributed by atoms with van der Waals surface area (Å²) < 4.78 is 0. The number of anilines is 1. The molecule has 0 radical (unpaired) electrons. The van der Waals surface area contributed by atoms with E-state index in [1.54, 1.807) is 0 Å². The Morgan fingerprint density at radius 1 is 1.15 bits per heavy atom. The molecule has 0 atom stereocenters. The molecule has 0 aromatic heterocycles. The quantitative estimate of drug-likeness (QED) is 0.865. The lowest BCUT2D eigenvalue weighted by molar-refractivity contribution is -0.113. The van der Waals surface area contributed by atoms with Gasteiger partial charge in [-0.05, 0) is 31.0 Å². The summed E-state index contributed by atoms with van der Waals surface area (Å²) in [5.41, 5.74) is 1.44. The van der Waals surface area contributed by atoms with E-state index in [4.69, 9.17) is 0 Å². The van der Waals surface area contributed by atoms with Crippen molar-refractivity contribution in [2.75, 3.05) is 24.2 Å². The molecule has 0 saturated carbocycles. The summed E-state index contributed by atoms with van der Waals surface area (Å²) >= 11 is 1.52. The van der Waals surface area contributed by atoms with Crippen molar-refractivity contribution in [3.63, 3.8) is 0 Å². The molecule has 2 heterocycles. The van der Waals surface area contributed by atoms with Crippen molar-refractivity contribution in [3.8, 4) is 0 Å². The number of carbonyl (C=O) groups excluding carboxylic acids is 2. The molecule has 106 valence electrons. The van der Waals surface area contributed by atoms with Gasteiger partial charge in [-0.2, -0.15) is 0 Å². The highest BCUT2D eigenvalue weighted by Gasteiger charge is 2.20. The van der Waals surface area contributed by atoms with E-state index in [1.807, 2.05) is 23.1 Å². The lowest BCUT2D eigenvalue weighted by Gasteiger charge is -2.22. The largest absolute Gasteiger partial charge is 0.339 e. The van der Waals surface area contributed by atoms with Crippen LogP contribution in [-0.2, 0) is 4.79 Å². The van der Waals surface area contributed by atoms with Gasteiger partial charge < -0.3 is 10.2 Å². The van der Waals surface area contributed by atoms with Gasteiger partial charge in [-0.25, -0.2) is 0 Å². The van der Waals surface area contributed by atoms with Crippen molar-refractivity contribution in [3.05, 3.63) is 23.8 Å². The third-order valence-corrected chi connectivity index (χ3v) is 4.83. The number of fused-ring (bicyclic) bond motifs is 1. The fourth-order valence-electron chi connectivity index (χ4n) is 2.67. The van der Waals surface area contributed by atoms with Gasteiger partial charge in [0.1, 0.15) is 0 Å². The number of amides is 2. The number of benzene rings is 1. The third-order valence-electron chi connectivity index (χ3n) is 3.75. The van der Waals surface area contributed by atoms with Crippen molar-refractivity contribution in [1.29, 1.82) is 0 Å². The van der Waals surface area contributed by atoms with Crippen LogP contribution in [-0.4, -0.2) is 35.6 Å². The maximum Gasteiger partial charge on any atom is 0.253 e. The van der Waals surface area contributed by atoms with E-state index < -0.39 is 0 Å². The molecule has 2 aliphatic heterocycles. The van der Waals surface area contributed by atoms with Crippen molar-refractivity contribution in [2.24, 2.45) is 0 Å². The molecule has 20 heavy (non-hydrogen) atoms. The molecule has 1 aromatic carbocycles. The van der Waals surface area contributed by atoms with Gasteiger partial charge in [0.05, 0.1) is 11.4 Å². The maximum atomic E-state index is 12.5. The SMILES string of the molecule is O=C1CSc2ccc(C(=O)N3CCCCCC3)cc2N1. The average Bonchev–Trinajstić information content (AvgIpc) is 2.74. The predicted molar refractivity (Wildman–Crippen MR) is 80.2 cm³/mol. The molecule has 1 fully saturated rings. The van der Waals surface area contributed by atoms with Crippen molar-refractivity contribution < 1.29 is 9.59 Å². The number of hydrogen-bond acceptors (Lipinski definition) is 3. The Labute approximate surface area is 122 Å². The van der Waals surface area contributed by atoms with Gasteiger partial charge in [0.2, 0.25) is 5.91 Å². The van der Waals surface area contributed by atoms with E-state index in [0.717, 1.165) is 36.5 Å². The predicted octanol–water partition coefficient (Wildman–Crippen LogP) is 2.75. The van der Waals surface area contributed by atoms with Crippen LogP contribution in [0.1, 0.15) is 36.0 Å². The zero-order valence-electron chi connectivity index (χ0n) is 11.4. The van der Waals surface area contributed by atoms with Crippen molar-refractivity contribution >= 4 is 29.3 Å². The molecule has 0 aliphatic carbocycles. The summed E-state index contributed by atoms with van der Waals surface area (Å²) in [5, 5.41) is 2.84. The van der Waals surface area contributed by atoms with Gasteiger partial charge in [-0.3, -0.25) is 9.59 Å². The highest BCUT2D eigenvalue weighted by atomic mass is 32.2. The molecule has 1 aromatic rings. The Bertz CT molecular complexity index is 537. The maximum absolute atomic E-state index is 12.5. The summed E-state index contributed by atoms with van der Waals surface area (Å²) in [5.74, 6) is 0.535. The smallest absolute Gasteiger partial charge is 0.253 e. The van der Waals surface area contributed by atoms with E-state index in [0.29, 0.717) is 11.3 Å². The molecule has 2 amide bonds. The molecular weight excluding hydrogens is 272 g/mol. The minimum atomic E-state index is 0.00173. The van der Waals surface area contributed by atoms with Crippen LogP contribution in [0.15, 0.2) is 23.1 Å².